The number of esters is 1. The molecule has 0 saturated carbocycles. The number of amides is 2. The third-order valence-corrected chi connectivity index (χ3v) is 5.93. The third kappa shape index (κ3) is 6.31. The van der Waals surface area contributed by atoms with E-state index in [1.165, 1.54) is 23.2 Å². The molecular weight excluding hydrogens is 428 g/mol. The Morgan fingerprint density at radius 1 is 1.09 bits per heavy atom. The minimum Gasteiger partial charge on any atom is -0.497 e. The Bertz CT molecular complexity index is 1100. The number of nitrogens with zero attached hydrogens (tertiary/aromatic N) is 1. The van der Waals surface area contributed by atoms with Gasteiger partial charge in [0.1, 0.15) is 5.75 Å². The van der Waals surface area contributed by atoms with Gasteiger partial charge in [0.2, 0.25) is 5.91 Å². The monoisotopic (exact) mass is 454 g/mol. The van der Waals surface area contributed by atoms with E-state index in [1.54, 1.807) is 14.2 Å². The summed E-state index contributed by atoms with van der Waals surface area (Å²) >= 11 is 1.44. The molecule has 1 unspecified atom stereocenters. The molecule has 0 fully saturated rings. The van der Waals surface area contributed by atoms with Crippen LogP contribution in [0.4, 0.5) is 0 Å². The van der Waals surface area contributed by atoms with Crippen LogP contribution in [-0.4, -0.2) is 43.4 Å². The normalized spacial score (nSPS) is 11.6. The summed E-state index contributed by atoms with van der Waals surface area (Å²) in [5, 5.41) is 6.72. The van der Waals surface area contributed by atoms with Crippen molar-refractivity contribution < 1.29 is 23.9 Å². The first-order chi connectivity index (χ1) is 15.4. The summed E-state index contributed by atoms with van der Waals surface area (Å²) in [5.41, 5.74) is 0.966. The van der Waals surface area contributed by atoms with Crippen molar-refractivity contribution in [1.82, 2.24) is 10.2 Å². The number of carbonyl (C=O) groups excluding carboxylic acids is 3. The molecule has 0 aliphatic carbocycles. The number of nitrogens with one attached hydrogen (secondary N) is 1. The second-order valence-corrected chi connectivity index (χ2v) is 8.41. The van der Waals surface area contributed by atoms with Gasteiger partial charge in [-0.3, -0.25) is 14.4 Å². The zero-order valence-electron chi connectivity index (χ0n) is 18.3. The molecule has 0 aliphatic heterocycles. The number of rotatable bonds is 9. The predicted molar refractivity (Wildman–Crippen MR) is 123 cm³/mol. The first-order valence-electron chi connectivity index (χ1n) is 10.1. The quantitative estimate of drug-likeness (QED) is 0.499. The Kier molecular flexibility index (Phi) is 7.83. The standard InChI is InChI=1S/C24H26N2O5S/c1-16(27)25-21(22-5-4-10-32-22)13-24(29)31-15-23(28)26(2)14-17-6-7-19-12-20(30-3)9-8-18(19)11-17/h4-12,21H,13-15H2,1-3H3,(H,25,27). The van der Waals surface area contributed by atoms with Crippen LogP contribution in [0.25, 0.3) is 10.8 Å². The van der Waals surface area contributed by atoms with E-state index in [1.807, 2.05) is 53.9 Å². The molecular formula is C24H26N2O5S. The lowest BCUT2D eigenvalue weighted by Gasteiger charge is -2.19. The molecule has 0 spiro atoms. The maximum absolute atomic E-state index is 12.5. The van der Waals surface area contributed by atoms with Crippen molar-refractivity contribution in [3.05, 3.63) is 64.4 Å². The van der Waals surface area contributed by atoms with E-state index >= 15 is 0 Å². The number of hydrogen-bond acceptors (Lipinski definition) is 6. The van der Waals surface area contributed by atoms with Gasteiger partial charge in [0.25, 0.3) is 5.91 Å². The molecule has 3 aromatic rings. The Balaban J connectivity index is 1.53. The van der Waals surface area contributed by atoms with E-state index in [2.05, 4.69) is 5.32 Å². The largest absolute Gasteiger partial charge is 0.497 e. The minimum atomic E-state index is -0.543. The van der Waals surface area contributed by atoms with Crippen LogP contribution in [0.15, 0.2) is 53.9 Å². The molecule has 0 radical (unpaired) electrons. The van der Waals surface area contributed by atoms with Crippen LogP contribution in [0.5, 0.6) is 5.75 Å². The molecule has 0 bridgehead atoms. The third-order valence-electron chi connectivity index (χ3n) is 4.95. The van der Waals surface area contributed by atoms with Gasteiger partial charge in [-0.25, -0.2) is 0 Å². The Labute approximate surface area is 190 Å². The van der Waals surface area contributed by atoms with Crippen LogP contribution >= 0.6 is 11.3 Å². The Morgan fingerprint density at radius 2 is 1.84 bits per heavy atom. The van der Waals surface area contributed by atoms with E-state index in [-0.39, 0.29) is 24.8 Å². The fourth-order valence-electron chi connectivity index (χ4n) is 3.30. The number of fused-ring (bicyclic) bond motifs is 1. The van der Waals surface area contributed by atoms with Crippen LogP contribution in [0, 0.1) is 0 Å². The molecule has 2 amide bonds. The van der Waals surface area contributed by atoms with E-state index < -0.39 is 12.0 Å². The minimum absolute atomic E-state index is 0.0365. The molecule has 7 nitrogen and oxygen atoms in total. The molecule has 0 aliphatic rings. The van der Waals surface area contributed by atoms with E-state index in [4.69, 9.17) is 9.47 Å². The van der Waals surface area contributed by atoms with Crippen LogP contribution in [0.2, 0.25) is 0 Å². The van der Waals surface area contributed by atoms with Crippen molar-refractivity contribution in [1.29, 1.82) is 0 Å². The van der Waals surface area contributed by atoms with Gasteiger partial charge in [-0.05, 0) is 46.0 Å². The van der Waals surface area contributed by atoms with Crippen molar-refractivity contribution in [3.8, 4) is 5.75 Å². The number of methoxy groups -OCH3 is 1. The molecule has 3 rings (SSSR count). The van der Waals surface area contributed by atoms with E-state index in [0.717, 1.165) is 27.0 Å². The number of thiophene rings is 1. The van der Waals surface area contributed by atoms with Crippen LogP contribution in [0.3, 0.4) is 0 Å². The summed E-state index contributed by atoms with van der Waals surface area (Å²) < 4.78 is 10.4. The lowest BCUT2D eigenvalue weighted by Crippen LogP contribution is -2.32. The van der Waals surface area contributed by atoms with Crippen molar-refractivity contribution in [2.24, 2.45) is 0 Å². The predicted octanol–water partition coefficient (Wildman–Crippen LogP) is 3.68. The zero-order valence-corrected chi connectivity index (χ0v) is 19.1. The number of carbonyl (C=O) groups is 3. The van der Waals surface area contributed by atoms with Gasteiger partial charge >= 0.3 is 5.97 Å². The average molecular weight is 455 g/mol. The van der Waals surface area contributed by atoms with E-state index in [0.29, 0.717) is 6.54 Å². The molecule has 168 valence electrons. The first-order valence-corrected chi connectivity index (χ1v) is 11.0. The Morgan fingerprint density at radius 3 is 2.53 bits per heavy atom. The molecule has 1 N–H and O–H groups in total. The molecule has 0 saturated heterocycles. The number of likely N-dealkylation sites (N-methyl/N-ethyl adjacent to an activating group) is 1. The molecule has 1 aromatic heterocycles. The van der Waals surface area contributed by atoms with E-state index in [9.17, 15) is 14.4 Å². The maximum Gasteiger partial charge on any atom is 0.308 e. The molecule has 2 aromatic carbocycles. The van der Waals surface area contributed by atoms with Crippen molar-refractivity contribution >= 4 is 39.9 Å². The van der Waals surface area contributed by atoms with Gasteiger partial charge in [-0.2, -0.15) is 0 Å². The highest BCUT2D eigenvalue weighted by molar-refractivity contribution is 7.10. The maximum atomic E-state index is 12.5. The lowest BCUT2D eigenvalue weighted by molar-refractivity contribution is -0.152. The van der Waals surface area contributed by atoms with Gasteiger partial charge in [-0.1, -0.05) is 24.3 Å². The molecule has 1 heterocycles. The molecule has 32 heavy (non-hydrogen) atoms. The number of ether oxygens (including phenoxy) is 2. The number of benzene rings is 2. The van der Waals surface area contributed by atoms with Crippen LogP contribution in [-0.2, 0) is 25.7 Å². The number of hydrogen-bond donors (Lipinski definition) is 1. The second kappa shape index (κ2) is 10.8. The molecule has 8 heteroatoms. The van der Waals surface area contributed by atoms with Gasteiger partial charge in [0.15, 0.2) is 6.61 Å². The smallest absolute Gasteiger partial charge is 0.308 e. The highest BCUT2D eigenvalue weighted by Gasteiger charge is 2.20. The summed E-state index contributed by atoms with van der Waals surface area (Å²) in [5.74, 6) is -0.293. The van der Waals surface area contributed by atoms with Crippen LogP contribution in [0.1, 0.15) is 29.8 Å². The van der Waals surface area contributed by atoms with Gasteiger partial charge < -0.3 is 19.7 Å². The lowest BCUT2D eigenvalue weighted by atomic mass is 10.1. The average Bonchev–Trinajstić information content (AvgIpc) is 3.31. The Hall–Kier alpha value is -3.39. The SMILES string of the molecule is COc1ccc2cc(CN(C)C(=O)COC(=O)CC(NC(C)=O)c3cccs3)ccc2c1. The summed E-state index contributed by atoms with van der Waals surface area (Å²) in [7, 11) is 3.30. The fraction of sp³-hybridized carbons (Fsp3) is 0.292. The van der Waals surface area contributed by atoms with Crippen molar-refractivity contribution in [3.63, 3.8) is 0 Å². The molecule has 1 atom stereocenters. The zero-order chi connectivity index (χ0) is 23.1. The summed E-state index contributed by atoms with van der Waals surface area (Å²) in [6, 6.07) is 15.0. The summed E-state index contributed by atoms with van der Waals surface area (Å²) in [6.07, 6.45) is -0.0365. The van der Waals surface area contributed by atoms with Gasteiger partial charge in [0, 0.05) is 25.4 Å². The first kappa shape index (κ1) is 23.3. The highest BCUT2D eigenvalue weighted by Crippen LogP contribution is 2.23. The van der Waals surface area contributed by atoms with Crippen LogP contribution < -0.4 is 10.1 Å². The fourth-order valence-corrected chi connectivity index (χ4v) is 4.07. The van der Waals surface area contributed by atoms with Crippen molar-refractivity contribution in [2.45, 2.75) is 25.9 Å². The summed E-state index contributed by atoms with van der Waals surface area (Å²) in [6.45, 7) is 1.44. The summed E-state index contributed by atoms with van der Waals surface area (Å²) in [4.78, 5) is 38.5. The van der Waals surface area contributed by atoms with Crippen molar-refractivity contribution in [2.75, 3.05) is 20.8 Å². The second-order valence-electron chi connectivity index (χ2n) is 7.43. The highest BCUT2D eigenvalue weighted by atomic mass is 32.1. The van der Waals surface area contributed by atoms with Gasteiger partial charge in [0.05, 0.1) is 19.6 Å². The topological polar surface area (TPSA) is 84.9 Å². The van der Waals surface area contributed by atoms with Gasteiger partial charge in [-0.15, -0.1) is 11.3 Å².